The van der Waals surface area contributed by atoms with Gasteiger partial charge in [0.2, 0.25) is 0 Å². The molecule has 0 aromatic heterocycles. The predicted molar refractivity (Wildman–Crippen MR) is 67.0 cm³/mol. The summed E-state index contributed by atoms with van der Waals surface area (Å²) in [7, 11) is 0. The minimum Gasteiger partial charge on any atom is -0.323 e. The Hall–Kier alpha value is -2.09. The molecule has 0 aliphatic heterocycles. The van der Waals surface area contributed by atoms with Gasteiger partial charge in [0.1, 0.15) is 0 Å². The topological polar surface area (TPSA) is 38.4 Å². The van der Waals surface area contributed by atoms with Crippen LogP contribution in [0.1, 0.15) is 6.42 Å². The lowest BCUT2D eigenvalue weighted by molar-refractivity contribution is 1.23. The average Bonchev–Trinajstić information content (AvgIpc) is 2.64. The molecule has 0 fully saturated rings. The Labute approximate surface area is 93.8 Å². The van der Waals surface area contributed by atoms with Crippen LogP contribution in [0.4, 0.5) is 0 Å². The highest BCUT2D eigenvalue weighted by Crippen LogP contribution is 2.24. The van der Waals surface area contributed by atoms with Gasteiger partial charge in [-0.3, -0.25) is 0 Å². The van der Waals surface area contributed by atoms with Gasteiger partial charge in [-0.1, -0.05) is 48.6 Å². The van der Waals surface area contributed by atoms with E-state index in [-0.39, 0.29) is 0 Å². The molecule has 1 aromatic rings. The molecule has 0 saturated carbocycles. The maximum atomic E-state index is 5.45. The number of fused-ring (bicyclic) bond motifs is 2. The van der Waals surface area contributed by atoms with E-state index in [1.54, 1.807) is 0 Å². The fourth-order valence-corrected chi connectivity index (χ4v) is 2.28. The van der Waals surface area contributed by atoms with Crippen LogP contribution in [0.2, 0.25) is 0 Å². The van der Waals surface area contributed by atoms with Gasteiger partial charge in [-0.05, 0) is 16.0 Å². The van der Waals surface area contributed by atoms with Crippen LogP contribution in [0.5, 0.6) is 0 Å². The van der Waals surface area contributed by atoms with E-state index in [0.717, 1.165) is 12.1 Å². The third kappa shape index (κ3) is 1.23. The number of nitrogens with two attached hydrogens (primary N) is 1. The van der Waals surface area contributed by atoms with Crippen molar-refractivity contribution in [2.24, 2.45) is 10.9 Å². The van der Waals surface area contributed by atoms with E-state index in [9.17, 15) is 0 Å². The molecule has 0 unspecified atom stereocenters. The van der Waals surface area contributed by atoms with Crippen LogP contribution in [0, 0.1) is 0 Å². The highest BCUT2D eigenvalue weighted by Gasteiger charge is 2.18. The van der Waals surface area contributed by atoms with Gasteiger partial charge in [0.15, 0.2) is 0 Å². The van der Waals surface area contributed by atoms with E-state index in [4.69, 9.17) is 5.84 Å². The van der Waals surface area contributed by atoms with Crippen LogP contribution in [0.15, 0.2) is 53.2 Å². The second-order valence-corrected chi connectivity index (χ2v) is 3.93. The van der Waals surface area contributed by atoms with E-state index in [1.165, 1.54) is 21.6 Å². The molecule has 3 rings (SSSR count). The Morgan fingerprint density at radius 1 is 1.19 bits per heavy atom. The summed E-state index contributed by atoms with van der Waals surface area (Å²) in [6.07, 6.45) is 9.33. The molecule has 0 atom stereocenters. The molecule has 2 heteroatoms. The smallest absolute Gasteiger partial charge is 0.0722 e. The zero-order valence-electron chi connectivity index (χ0n) is 8.85. The first-order valence-corrected chi connectivity index (χ1v) is 5.35. The standard InChI is InChI=1S/C14H12N2/c15-16-13-9-8-11-6-3-5-10-4-1-2-7-12(10)14(11)13/h1-8H,9,15H2. The second kappa shape index (κ2) is 3.49. The quantitative estimate of drug-likeness (QED) is 0.498. The lowest BCUT2D eigenvalue weighted by atomic mass is 10.0. The van der Waals surface area contributed by atoms with Gasteiger partial charge >= 0.3 is 0 Å². The second-order valence-electron chi connectivity index (χ2n) is 3.93. The largest absolute Gasteiger partial charge is 0.323 e. The molecule has 0 heterocycles. The molecule has 0 radical (unpaired) electrons. The van der Waals surface area contributed by atoms with Crippen molar-refractivity contribution < 1.29 is 0 Å². The first kappa shape index (κ1) is 9.16. The SMILES string of the molecule is NN=C1CC=C2C=CC=c3ccccc3=C21. The van der Waals surface area contributed by atoms with E-state index in [0.29, 0.717) is 0 Å². The molecule has 2 nitrogen and oxygen atoms in total. The average molecular weight is 208 g/mol. The first-order chi connectivity index (χ1) is 7.90. The Morgan fingerprint density at radius 2 is 2.06 bits per heavy atom. The molecule has 0 bridgehead atoms. The fourth-order valence-electron chi connectivity index (χ4n) is 2.28. The summed E-state index contributed by atoms with van der Waals surface area (Å²) in [6.45, 7) is 0. The number of rotatable bonds is 0. The van der Waals surface area contributed by atoms with Gasteiger partial charge in [0.05, 0.1) is 5.71 Å². The molecule has 2 N–H and O–H groups in total. The molecule has 2 aliphatic carbocycles. The molecule has 0 saturated heterocycles. The number of allylic oxidation sites excluding steroid dienone is 4. The van der Waals surface area contributed by atoms with Crippen LogP contribution in [-0.4, -0.2) is 5.71 Å². The lowest BCUT2D eigenvalue weighted by Gasteiger charge is -2.01. The van der Waals surface area contributed by atoms with Crippen molar-refractivity contribution in [3.63, 3.8) is 0 Å². The van der Waals surface area contributed by atoms with Crippen LogP contribution < -0.4 is 16.3 Å². The summed E-state index contributed by atoms with van der Waals surface area (Å²) in [5.74, 6) is 5.45. The summed E-state index contributed by atoms with van der Waals surface area (Å²) >= 11 is 0. The highest BCUT2D eigenvalue weighted by atomic mass is 15.1. The summed E-state index contributed by atoms with van der Waals surface area (Å²) < 4.78 is 0. The third-order valence-corrected chi connectivity index (χ3v) is 3.03. The lowest BCUT2D eigenvalue weighted by Crippen LogP contribution is -2.27. The van der Waals surface area contributed by atoms with Crippen molar-refractivity contribution >= 4 is 17.4 Å². The van der Waals surface area contributed by atoms with Crippen LogP contribution in [0.3, 0.4) is 0 Å². The Bertz CT molecular complexity index is 646. The Balaban J connectivity index is 2.49. The van der Waals surface area contributed by atoms with Crippen molar-refractivity contribution in [3.05, 3.63) is 58.5 Å². The van der Waals surface area contributed by atoms with Gasteiger partial charge in [-0.25, -0.2) is 0 Å². The molecule has 0 spiro atoms. The molecule has 1 aromatic carbocycles. The predicted octanol–water partition coefficient (Wildman–Crippen LogP) is 0.832. The molecule has 2 aliphatic rings. The van der Waals surface area contributed by atoms with E-state index >= 15 is 0 Å². The van der Waals surface area contributed by atoms with Gasteiger partial charge in [0.25, 0.3) is 0 Å². The van der Waals surface area contributed by atoms with Crippen molar-refractivity contribution in [1.82, 2.24) is 0 Å². The Morgan fingerprint density at radius 3 is 2.94 bits per heavy atom. The van der Waals surface area contributed by atoms with E-state index < -0.39 is 0 Å². The molecule has 78 valence electrons. The number of hydrazone groups is 1. The number of benzene rings is 1. The molecular weight excluding hydrogens is 196 g/mol. The molecule has 0 amide bonds. The maximum Gasteiger partial charge on any atom is 0.0722 e. The van der Waals surface area contributed by atoms with Crippen molar-refractivity contribution in [2.75, 3.05) is 0 Å². The summed E-state index contributed by atoms with van der Waals surface area (Å²) in [5.41, 5.74) is 3.39. The van der Waals surface area contributed by atoms with Gasteiger partial charge in [-0.2, -0.15) is 5.10 Å². The maximum absolute atomic E-state index is 5.45. The zero-order valence-corrected chi connectivity index (χ0v) is 8.85. The van der Waals surface area contributed by atoms with Crippen LogP contribution >= 0.6 is 0 Å². The van der Waals surface area contributed by atoms with Crippen LogP contribution in [0.25, 0.3) is 11.6 Å². The third-order valence-electron chi connectivity index (χ3n) is 3.03. The number of nitrogens with zero attached hydrogens (tertiary/aromatic N) is 1. The Kier molecular flexibility index (Phi) is 2.00. The fraction of sp³-hybridized carbons (Fsp3) is 0.0714. The minimum absolute atomic E-state index is 0.833. The monoisotopic (exact) mass is 208 g/mol. The summed E-state index contributed by atoms with van der Waals surface area (Å²) in [6, 6.07) is 8.34. The number of hydrogen-bond donors (Lipinski definition) is 1. The number of hydrogen-bond acceptors (Lipinski definition) is 2. The van der Waals surface area contributed by atoms with E-state index in [2.05, 4.69) is 47.6 Å². The summed E-state index contributed by atoms with van der Waals surface area (Å²) in [5, 5.41) is 6.34. The van der Waals surface area contributed by atoms with Gasteiger partial charge in [-0.15, -0.1) is 0 Å². The zero-order chi connectivity index (χ0) is 11.0. The normalized spacial score (nSPS) is 19.9. The highest BCUT2D eigenvalue weighted by molar-refractivity contribution is 6.27. The molecule has 16 heavy (non-hydrogen) atoms. The first-order valence-electron chi connectivity index (χ1n) is 5.35. The van der Waals surface area contributed by atoms with Crippen molar-refractivity contribution in [1.29, 1.82) is 0 Å². The van der Waals surface area contributed by atoms with Gasteiger partial charge in [0, 0.05) is 12.0 Å². The van der Waals surface area contributed by atoms with E-state index in [1.807, 2.05) is 6.07 Å². The van der Waals surface area contributed by atoms with Crippen LogP contribution in [-0.2, 0) is 0 Å². The molecular formula is C14H12N2. The summed E-state index contributed by atoms with van der Waals surface area (Å²) in [4.78, 5) is 0. The van der Waals surface area contributed by atoms with Crippen molar-refractivity contribution in [3.8, 4) is 0 Å². The van der Waals surface area contributed by atoms with Crippen molar-refractivity contribution in [2.45, 2.75) is 6.42 Å². The minimum atomic E-state index is 0.833. The van der Waals surface area contributed by atoms with Gasteiger partial charge < -0.3 is 5.84 Å².